The van der Waals surface area contributed by atoms with Crippen LogP contribution in [0.1, 0.15) is 36.9 Å². The summed E-state index contributed by atoms with van der Waals surface area (Å²) in [6, 6.07) is 10.3. The molecule has 0 aliphatic carbocycles. The molecule has 1 aliphatic heterocycles. The standard InChI is InChI=1S/C21H26FN3O/c1-16(18-7-9-20(22)10-8-18)24(2)21(26)19-6-4-12-25(15-19)14-17-5-3-11-23-13-17/h3,5,7-11,13,16,19H,4,6,12,14-15H2,1-2H3/t16-,19+/m0/s1. The number of halogens is 1. The van der Waals surface area contributed by atoms with Crippen molar-refractivity contribution in [1.29, 1.82) is 0 Å². The molecule has 0 N–H and O–H groups in total. The first-order valence-electron chi connectivity index (χ1n) is 9.18. The average molecular weight is 355 g/mol. The molecule has 3 rings (SSSR count). The first-order valence-corrected chi connectivity index (χ1v) is 9.18. The van der Waals surface area contributed by atoms with E-state index >= 15 is 0 Å². The predicted octanol–water partition coefficient (Wildman–Crippen LogP) is 3.65. The van der Waals surface area contributed by atoms with Gasteiger partial charge in [-0.1, -0.05) is 18.2 Å². The number of rotatable bonds is 5. The molecule has 0 bridgehead atoms. The topological polar surface area (TPSA) is 36.4 Å². The molecule has 138 valence electrons. The van der Waals surface area contributed by atoms with Crippen LogP contribution in [0.5, 0.6) is 0 Å². The number of hydrogen-bond donors (Lipinski definition) is 0. The Morgan fingerprint density at radius 1 is 1.35 bits per heavy atom. The highest BCUT2D eigenvalue weighted by molar-refractivity contribution is 5.79. The van der Waals surface area contributed by atoms with Crippen LogP contribution in [0.4, 0.5) is 4.39 Å². The molecule has 26 heavy (non-hydrogen) atoms. The van der Waals surface area contributed by atoms with Crippen molar-refractivity contribution in [1.82, 2.24) is 14.8 Å². The summed E-state index contributed by atoms with van der Waals surface area (Å²) >= 11 is 0. The van der Waals surface area contributed by atoms with Crippen LogP contribution in [0.3, 0.4) is 0 Å². The Hall–Kier alpha value is -2.27. The van der Waals surface area contributed by atoms with Crippen molar-refractivity contribution in [3.05, 3.63) is 65.7 Å². The maximum atomic E-state index is 13.1. The Morgan fingerprint density at radius 2 is 2.12 bits per heavy atom. The zero-order valence-electron chi connectivity index (χ0n) is 15.4. The zero-order valence-corrected chi connectivity index (χ0v) is 15.4. The van der Waals surface area contributed by atoms with Gasteiger partial charge in [0.25, 0.3) is 0 Å². The van der Waals surface area contributed by atoms with E-state index in [9.17, 15) is 9.18 Å². The molecule has 1 saturated heterocycles. The van der Waals surface area contributed by atoms with E-state index in [0.717, 1.165) is 38.0 Å². The Kier molecular flexibility index (Phi) is 5.99. The van der Waals surface area contributed by atoms with E-state index in [1.165, 1.54) is 17.7 Å². The van der Waals surface area contributed by atoms with Crippen LogP contribution in [0.15, 0.2) is 48.8 Å². The van der Waals surface area contributed by atoms with Crippen LogP contribution in [0.25, 0.3) is 0 Å². The van der Waals surface area contributed by atoms with E-state index in [1.54, 1.807) is 23.2 Å². The number of carbonyl (C=O) groups excluding carboxylic acids is 1. The van der Waals surface area contributed by atoms with Crippen molar-refractivity contribution in [3.63, 3.8) is 0 Å². The van der Waals surface area contributed by atoms with Gasteiger partial charge >= 0.3 is 0 Å². The fraction of sp³-hybridized carbons (Fsp3) is 0.429. The minimum Gasteiger partial charge on any atom is -0.339 e. The molecular weight excluding hydrogens is 329 g/mol. The van der Waals surface area contributed by atoms with Gasteiger partial charge in [-0.25, -0.2) is 4.39 Å². The second kappa shape index (κ2) is 8.41. The molecule has 1 aliphatic rings. The summed E-state index contributed by atoms with van der Waals surface area (Å²) in [5.74, 6) is -0.0840. The van der Waals surface area contributed by atoms with Gasteiger partial charge in [0.05, 0.1) is 12.0 Å². The number of nitrogens with zero attached hydrogens (tertiary/aromatic N) is 3. The molecule has 1 amide bonds. The van der Waals surface area contributed by atoms with Crippen molar-refractivity contribution < 1.29 is 9.18 Å². The lowest BCUT2D eigenvalue weighted by Crippen LogP contribution is -2.44. The molecule has 5 heteroatoms. The van der Waals surface area contributed by atoms with Gasteiger partial charge in [-0.2, -0.15) is 0 Å². The highest BCUT2D eigenvalue weighted by Crippen LogP contribution is 2.25. The number of carbonyl (C=O) groups is 1. The second-order valence-corrected chi connectivity index (χ2v) is 7.11. The van der Waals surface area contributed by atoms with E-state index in [4.69, 9.17) is 0 Å². The van der Waals surface area contributed by atoms with Gasteiger partial charge in [0.15, 0.2) is 0 Å². The summed E-state index contributed by atoms with van der Waals surface area (Å²) in [4.78, 5) is 21.3. The summed E-state index contributed by atoms with van der Waals surface area (Å²) in [5, 5.41) is 0. The Labute approximate surface area is 154 Å². The fourth-order valence-electron chi connectivity index (χ4n) is 3.59. The normalized spacial score (nSPS) is 19.1. The number of aromatic nitrogens is 1. The van der Waals surface area contributed by atoms with E-state index < -0.39 is 0 Å². The molecule has 0 unspecified atom stereocenters. The monoisotopic (exact) mass is 355 g/mol. The third-order valence-electron chi connectivity index (χ3n) is 5.26. The Morgan fingerprint density at radius 3 is 2.81 bits per heavy atom. The van der Waals surface area contributed by atoms with Gasteiger partial charge in [0.2, 0.25) is 5.91 Å². The lowest BCUT2D eigenvalue weighted by Gasteiger charge is -2.35. The van der Waals surface area contributed by atoms with Crippen LogP contribution < -0.4 is 0 Å². The third-order valence-corrected chi connectivity index (χ3v) is 5.26. The number of hydrogen-bond acceptors (Lipinski definition) is 3. The molecule has 0 radical (unpaired) electrons. The lowest BCUT2D eigenvalue weighted by molar-refractivity contribution is -0.138. The van der Waals surface area contributed by atoms with Crippen molar-refractivity contribution in [2.45, 2.75) is 32.4 Å². The predicted molar refractivity (Wildman–Crippen MR) is 99.8 cm³/mol. The summed E-state index contributed by atoms with van der Waals surface area (Å²) in [6.45, 7) is 4.60. The van der Waals surface area contributed by atoms with Gasteiger partial charge in [-0.05, 0) is 55.6 Å². The van der Waals surface area contributed by atoms with Crippen LogP contribution >= 0.6 is 0 Å². The highest BCUT2D eigenvalue weighted by atomic mass is 19.1. The number of amides is 1. The van der Waals surface area contributed by atoms with Crippen molar-refractivity contribution in [2.24, 2.45) is 5.92 Å². The summed E-state index contributed by atoms with van der Waals surface area (Å²) in [6.07, 6.45) is 5.60. The SMILES string of the molecule is C[C@@H](c1ccc(F)cc1)N(C)C(=O)[C@@H]1CCCN(Cc2cccnc2)C1. The maximum absolute atomic E-state index is 13.1. The minimum atomic E-state index is -0.256. The number of likely N-dealkylation sites (tertiary alicyclic amines) is 1. The second-order valence-electron chi connectivity index (χ2n) is 7.11. The maximum Gasteiger partial charge on any atom is 0.227 e. The van der Waals surface area contributed by atoms with Crippen molar-refractivity contribution >= 4 is 5.91 Å². The van der Waals surface area contributed by atoms with Gasteiger partial charge in [0.1, 0.15) is 5.82 Å². The summed E-state index contributed by atoms with van der Waals surface area (Å²) in [7, 11) is 1.84. The zero-order chi connectivity index (χ0) is 18.5. The summed E-state index contributed by atoms with van der Waals surface area (Å²) < 4.78 is 13.1. The van der Waals surface area contributed by atoms with Gasteiger partial charge in [-0.3, -0.25) is 14.7 Å². The molecule has 2 heterocycles. The first-order chi connectivity index (χ1) is 12.5. The molecule has 1 fully saturated rings. The summed E-state index contributed by atoms with van der Waals surface area (Å²) in [5.41, 5.74) is 2.12. The molecule has 2 atom stereocenters. The van der Waals surface area contributed by atoms with Crippen molar-refractivity contribution in [3.8, 4) is 0 Å². The molecule has 0 spiro atoms. The fourth-order valence-corrected chi connectivity index (χ4v) is 3.59. The van der Waals surface area contributed by atoms with E-state index in [0.29, 0.717) is 0 Å². The number of pyridine rings is 1. The van der Waals surface area contributed by atoms with E-state index in [1.807, 2.05) is 26.2 Å². The number of benzene rings is 1. The van der Waals surface area contributed by atoms with Crippen LogP contribution in [-0.4, -0.2) is 40.8 Å². The van der Waals surface area contributed by atoms with Crippen LogP contribution in [0.2, 0.25) is 0 Å². The van der Waals surface area contributed by atoms with Crippen LogP contribution in [0, 0.1) is 11.7 Å². The smallest absolute Gasteiger partial charge is 0.227 e. The third kappa shape index (κ3) is 4.47. The van der Waals surface area contributed by atoms with Crippen molar-refractivity contribution in [2.75, 3.05) is 20.1 Å². The Balaban J connectivity index is 1.61. The van der Waals surface area contributed by atoms with Crippen LogP contribution in [-0.2, 0) is 11.3 Å². The first kappa shape index (κ1) is 18.5. The lowest BCUT2D eigenvalue weighted by atomic mass is 9.95. The van der Waals surface area contributed by atoms with Gasteiger partial charge in [-0.15, -0.1) is 0 Å². The molecule has 1 aromatic carbocycles. The van der Waals surface area contributed by atoms with Gasteiger partial charge < -0.3 is 4.90 Å². The van der Waals surface area contributed by atoms with E-state index in [2.05, 4.69) is 16.0 Å². The molecule has 2 aromatic rings. The molecule has 0 saturated carbocycles. The molecule has 1 aromatic heterocycles. The molecular formula is C21H26FN3O. The number of piperidine rings is 1. The largest absolute Gasteiger partial charge is 0.339 e. The quantitative estimate of drug-likeness (QED) is 0.821. The highest BCUT2D eigenvalue weighted by Gasteiger charge is 2.30. The van der Waals surface area contributed by atoms with Gasteiger partial charge in [0, 0.05) is 32.5 Å². The average Bonchev–Trinajstić information content (AvgIpc) is 2.68. The van der Waals surface area contributed by atoms with E-state index in [-0.39, 0.29) is 23.7 Å². The Bertz CT molecular complexity index is 720. The molecule has 4 nitrogen and oxygen atoms in total. The minimum absolute atomic E-state index is 0.00770.